The van der Waals surface area contributed by atoms with Gasteiger partial charge in [0.05, 0.1) is 5.75 Å². The van der Waals surface area contributed by atoms with Crippen LogP contribution in [-0.4, -0.2) is 55.4 Å². The number of nitrogens with one attached hydrogen (secondary N) is 1. The molecule has 1 aromatic carbocycles. The van der Waals surface area contributed by atoms with Crippen molar-refractivity contribution >= 4 is 21.8 Å². The van der Waals surface area contributed by atoms with Crippen molar-refractivity contribution in [1.82, 2.24) is 14.3 Å². The van der Waals surface area contributed by atoms with Gasteiger partial charge in [-0.2, -0.15) is 9.29 Å². The summed E-state index contributed by atoms with van der Waals surface area (Å²) in [5.74, 6) is 0.742. The number of benzene rings is 1. The third-order valence-electron chi connectivity index (χ3n) is 4.35. The van der Waals surface area contributed by atoms with Gasteiger partial charge in [0.1, 0.15) is 11.6 Å². The maximum absolute atomic E-state index is 13.3. The van der Waals surface area contributed by atoms with E-state index in [-0.39, 0.29) is 5.75 Å². The van der Waals surface area contributed by atoms with Crippen LogP contribution < -0.4 is 10.2 Å². The van der Waals surface area contributed by atoms with E-state index in [1.54, 1.807) is 6.07 Å². The van der Waals surface area contributed by atoms with E-state index in [4.69, 9.17) is 0 Å². The zero-order valence-electron chi connectivity index (χ0n) is 15.5. The summed E-state index contributed by atoms with van der Waals surface area (Å²) in [6.45, 7) is 6.40. The lowest BCUT2D eigenvalue weighted by atomic mass is 10.2. The Bertz CT molecular complexity index is 898. The van der Waals surface area contributed by atoms with Crippen LogP contribution in [0.4, 0.5) is 16.2 Å². The molecule has 146 valence electrons. The van der Waals surface area contributed by atoms with Gasteiger partial charge in [-0.1, -0.05) is 12.1 Å². The molecular formula is C18H24FN5O2S. The van der Waals surface area contributed by atoms with E-state index in [9.17, 15) is 12.8 Å². The van der Waals surface area contributed by atoms with Gasteiger partial charge in [-0.3, -0.25) is 0 Å². The Morgan fingerprint density at radius 3 is 2.56 bits per heavy atom. The van der Waals surface area contributed by atoms with E-state index < -0.39 is 15.8 Å². The SMILES string of the molecule is CCNc1cc(C)nc(N2CCN(S(=O)(=O)Cc3cccc(F)c3)CC2)n1. The topological polar surface area (TPSA) is 78.4 Å². The van der Waals surface area contributed by atoms with Crippen molar-refractivity contribution in [3.8, 4) is 0 Å². The number of nitrogens with zero attached hydrogens (tertiary/aromatic N) is 4. The number of aromatic nitrogens is 2. The lowest BCUT2D eigenvalue weighted by molar-refractivity contribution is 0.382. The number of hydrogen-bond donors (Lipinski definition) is 1. The second kappa shape index (κ2) is 8.18. The molecule has 1 aromatic heterocycles. The van der Waals surface area contributed by atoms with Crippen LogP contribution in [0.5, 0.6) is 0 Å². The highest BCUT2D eigenvalue weighted by Crippen LogP contribution is 2.19. The number of sulfonamides is 1. The molecule has 0 aliphatic carbocycles. The van der Waals surface area contributed by atoms with Gasteiger partial charge in [0, 0.05) is 44.5 Å². The maximum Gasteiger partial charge on any atom is 0.227 e. The van der Waals surface area contributed by atoms with Gasteiger partial charge in [-0.25, -0.2) is 17.8 Å². The molecule has 1 fully saturated rings. The molecule has 27 heavy (non-hydrogen) atoms. The first-order valence-corrected chi connectivity index (χ1v) is 10.5. The van der Waals surface area contributed by atoms with Crippen LogP contribution in [0.1, 0.15) is 18.2 Å². The highest BCUT2D eigenvalue weighted by molar-refractivity contribution is 7.88. The summed E-state index contributed by atoms with van der Waals surface area (Å²) in [7, 11) is -3.50. The van der Waals surface area contributed by atoms with Crippen LogP contribution in [0.25, 0.3) is 0 Å². The molecule has 9 heteroatoms. The molecule has 0 radical (unpaired) electrons. The Labute approximate surface area is 159 Å². The van der Waals surface area contributed by atoms with Crippen molar-refractivity contribution in [2.75, 3.05) is 42.9 Å². The molecule has 0 amide bonds. The fourth-order valence-corrected chi connectivity index (χ4v) is 4.56. The maximum atomic E-state index is 13.3. The average Bonchev–Trinajstić information content (AvgIpc) is 2.61. The highest BCUT2D eigenvalue weighted by atomic mass is 32.2. The zero-order valence-corrected chi connectivity index (χ0v) is 16.3. The number of rotatable bonds is 6. The van der Waals surface area contributed by atoms with Gasteiger partial charge in [-0.15, -0.1) is 0 Å². The van der Waals surface area contributed by atoms with E-state index in [0.29, 0.717) is 37.7 Å². The summed E-state index contributed by atoms with van der Waals surface area (Å²) in [6, 6.07) is 7.59. The summed E-state index contributed by atoms with van der Waals surface area (Å²) in [5, 5.41) is 3.18. The summed E-state index contributed by atoms with van der Waals surface area (Å²) >= 11 is 0. The predicted molar refractivity (Wildman–Crippen MR) is 104 cm³/mol. The molecule has 0 spiro atoms. The standard InChI is InChI=1S/C18H24FN5O2S/c1-3-20-17-11-14(2)21-18(22-17)23-7-9-24(10-8-23)27(25,26)13-15-5-4-6-16(19)12-15/h4-6,11-12H,3,7-10,13H2,1-2H3,(H,20,21,22). The Morgan fingerprint density at radius 1 is 1.15 bits per heavy atom. The summed E-state index contributed by atoms with van der Waals surface area (Å²) in [6.07, 6.45) is 0. The van der Waals surface area contributed by atoms with Crippen LogP contribution in [-0.2, 0) is 15.8 Å². The second-order valence-corrected chi connectivity index (χ2v) is 8.47. The van der Waals surface area contributed by atoms with Crippen LogP contribution in [0, 0.1) is 12.7 Å². The third-order valence-corrected chi connectivity index (χ3v) is 6.20. The van der Waals surface area contributed by atoms with Crippen molar-refractivity contribution < 1.29 is 12.8 Å². The third kappa shape index (κ3) is 4.92. The van der Waals surface area contributed by atoms with Crippen molar-refractivity contribution in [1.29, 1.82) is 0 Å². The number of aryl methyl sites for hydroxylation is 1. The van der Waals surface area contributed by atoms with E-state index in [2.05, 4.69) is 15.3 Å². The molecule has 7 nitrogen and oxygen atoms in total. The quantitative estimate of drug-likeness (QED) is 0.809. The molecule has 1 saturated heterocycles. The summed E-state index contributed by atoms with van der Waals surface area (Å²) in [4.78, 5) is 11.0. The zero-order chi connectivity index (χ0) is 19.4. The first-order valence-electron chi connectivity index (χ1n) is 8.94. The van der Waals surface area contributed by atoms with Crippen molar-refractivity contribution in [3.63, 3.8) is 0 Å². The smallest absolute Gasteiger partial charge is 0.227 e. The van der Waals surface area contributed by atoms with Crippen LogP contribution in [0.2, 0.25) is 0 Å². The average molecular weight is 393 g/mol. The fraction of sp³-hybridized carbons (Fsp3) is 0.444. The summed E-state index contributed by atoms with van der Waals surface area (Å²) < 4.78 is 40.1. The molecule has 1 aliphatic rings. The molecule has 0 saturated carbocycles. The van der Waals surface area contributed by atoms with Gasteiger partial charge in [0.25, 0.3) is 0 Å². The van der Waals surface area contributed by atoms with E-state index in [1.807, 2.05) is 24.8 Å². The van der Waals surface area contributed by atoms with Gasteiger partial charge >= 0.3 is 0 Å². The Balaban J connectivity index is 1.66. The van der Waals surface area contributed by atoms with Gasteiger partial charge in [-0.05, 0) is 31.5 Å². The minimum absolute atomic E-state index is 0.198. The highest BCUT2D eigenvalue weighted by Gasteiger charge is 2.28. The molecule has 1 aliphatic heterocycles. The number of anilines is 2. The lowest BCUT2D eigenvalue weighted by Crippen LogP contribution is -2.49. The van der Waals surface area contributed by atoms with E-state index in [1.165, 1.54) is 22.5 Å². The van der Waals surface area contributed by atoms with E-state index >= 15 is 0 Å². The van der Waals surface area contributed by atoms with Gasteiger partial charge in [0.15, 0.2) is 0 Å². The normalized spacial score (nSPS) is 15.7. The molecule has 0 unspecified atom stereocenters. The van der Waals surface area contributed by atoms with Crippen molar-refractivity contribution in [3.05, 3.63) is 47.4 Å². The number of hydrogen-bond acceptors (Lipinski definition) is 6. The van der Waals surface area contributed by atoms with E-state index in [0.717, 1.165) is 18.1 Å². The monoisotopic (exact) mass is 393 g/mol. The number of piperazine rings is 1. The lowest BCUT2D eigenvalue weighted by Gasteiger charge is -2.34. The van der Waals surface area contributed by atoms with Gasteiger partial charge < -0.3 is 10.2 Å². The Morgan fingerprint density at radius 2 is 1.89 bits per heavy atom. The number of halogens is 1. The Hall–Kier alpha value is -2.26. The minimum atomic E-state index is -3.50. The first-order chi connectivity index (χ1) is 12.9. The molecule has 0 bridgehead atoms. The molecule has 2 aromatic rings. The van der Waals surface area contributed by atoms with Crippen molar-refractivity contribution in [2.45, 2.75) is 19.6 Å². The molecule has 0 atom stereocenters. The van der Waals surface area contributed by atoms with Crippen LogP contribution in [0.3, 0.4) is 0 Å². The summed E-state index contributed by atoms with van der Waals surface area (Å²) in [5.41, 5.74) is 1.31. The van der Waals surface area contributed by atoms with Gasteiger partial charge in [0.2, 0.25) is 16.0 Å². The fourth-order valence-electron chi connectivity index (χ4n) is 3.06. The second-order valence-electron chi connectivity index (χ2n) is 6.50. The van der Waals surface area contributed by atoms with Crippen molar-refractivity contribution in [2.24, 2.45) is 0 Å². The predicted octanol–water partition coefficient (Wildman–Crippen LogP) is 2.01. The first kappa shape index (κ1) is 19.5. The molecular weight excluding hydrogens is 369 g/mol. The molecule has 2 heterocycles. The molecule has 1 N–H and O–H groups in total. The minimum Gasteiger partial charge on any atom is -0.370 e. The molecule has 3 rings (SSSR count). The Kier molecular flexibility index (Phi) is 5.91. The van der Waals surface area contributed by atoms with Crippen LogP contribution in [0.15, 0.2) is 30.3 Å². The largest absolute Gasteiger partial charge is 0.370 e. The van der Waals surface area contributed by atoms with Crippen LogP contribution >= 0.6 is 0 Å².